The number of nitrogens with one attached hydrogen (secondary N) is 1. The van der Waals surface area contributed by atoms with E-state index in [4.69, 9.17) is 4.42 Å². The lowest BCUT2D eigenvalue weighted by molar-refractivity contribution is 0.565. The van der Waals surface area contributed by atoms with Crippen molar-refractivity contribution in [2.45, 2.75) is 26.2 Å². The third-order valence-electron chi connectivity index (χ3n) is 2.21. The van der Waals surface area contributed by atoms with Crippen molar-refractivity contribution in [2.75, 3.05) is 0 Å². The Morgan fingerprint density at radius 3 is 2.71 bits per heavy atom. The molecule has 0 spiro atoms. The molecule has 2 aromatic heterocycles. The first-order chi connectivity index (χ1) is 6.59. The molecule has 2 heterocycles. The maximum absolute atomic E-state index is 5.34. The molecule has 0 aromatic carbocycles. The average Bonchev–Trinajstić information content (AvgIpc) is 2.73. The van der Waals surface area contributed by atoms with Crippen LogP contribution >= 0.6 is 0 Å². The Hall–Kier alpha value is -1.51. The summed E-state index contributed by atoms with van der Waals surface area (Å²) in [7, 11) is 0. The van der Waals surface area contributed by atoms with Crippen molar-refractivity contribution < 1.29 is 4.42 Å². The Balaban J connectivity index is 2.51. The summed E-state index contributed by atoms with van der Waals surface area (Å²) >= 11 is 0. The number of hydrogen-bond donors (Lipinski definition) is 1. The topological polar surface area (TPSA) is 41.8 Å². The van der Waals surface area contributed by atoms with Gasteiger partial charge in [-0.2, -0.15) is 5.10 Å². The highest BCUT2D eigenvalue weighted by Gasteiger charge is 2.21. The number of H-pyrrole nitrogens is 1. The van der Waals surface area contributed by atoms with Gasteiger partial charge < -0.3 is 4.42 Å². The molecule has 0 unspecified atom stereocenters. The Bertz CT molecular complexity index is 407. The van der Waals surface area contributed by atoms with Crippen LogP contribution in [0.5, 0.6) is 0 Å². The summed E-state index contributed by atoms with van der Waals surface area (Å²) in [6.07, 6.45) is 3.53. The molecule has 0 aliphatic rings. The molecule has 74 valence electrons. The first-order valence-electron chi connectivity index (χ1n) is 4.67. The summed E-state index contributed by atoms with van der Waals surface area (Å²) in [4.78, 5) is 0. The van der Waals surface area contributed by atoms with Crippen LogP contribution in [0.1, 0.15) is 26.3 Å². The van der Waals surface area contributed by atoms with Gasteiger partial charge in [-0.05, 0) is 17.5 Å². The standard InChI is InChI=1S/C11H14N2O/c1-11(2,3)8-7-12-13-10(8)9-5-4-6-14-9/h4-7H,1-3H3,(H,12,13). The fraction of sp³-hybridized carbons (Fsp3) is 0.364. The Morgan fingerprint density at radius 1 is 1.36 bits per heavy atom. The SMILES string of the molecule is CC(C)(C)c1cn[nH]c1-c1ccco1. The molecule has 14 heavy (non-hydrogen) atoms. The van der Waals surface area contributed by atoms with Crippen LogP contribution in [0.25, 0.3) is 11.5 Å². The van der Waals surface area contributed by atoms with Crippen LogP contribution in [0.2, 0.25) is 0 Å². The summed E-state index contributed by atoms with van der Waals surface area (Å²) in [6.45, 7) is 6.47. The van der Waals surface area contributed by atoms with E-state index in [1.165, 1.54) is 5.56 Å². The quantitative estimate of drug-likeness (QED) is 0.751. The minimum absolute atomic E-state index is 0.0785. The van der Waals surface area contributed by atoms with E-state index in [2.05, 4.69) is 31.0 Å². The number of aromatic amines is 1. The zero-order valence-electron chi connectivity index (χ0n) is 8.66. The smallest absolute Gasteiger partial charge is 0.151 e. The molecule has 2 rings (SSSR count). The van der Waals surface area contributed by atoms with E-state index in [0.29, 0.717) is 0 Å². The highest BCUT2D eigenvalue weighted by atomic mass is 16.3. The maximum Gasteiger partial charge on any atom is 0.151 e. The van der Waals surface area contributed by atoms with Crippen LogP contribution < -0.4 is 0 Å². The second-order valence-electron chi connectivity index (χ2n) is 4.39. The van der Waals surface area contributed by atoms with Crippen molar-refractivity contribution >= 4 is 0 Å². The van der Waals surface area contributed by atoms with E-state index in [0.717, 1.165) is 11.5 Å². The second kappa shape index (κ2) is 3.01. The summed E-state index contributed by atoms with van der Waals surface area (Å²) in [6, 6.07) is 3.81. The molecule has 0 aliphatic carbocycles. The van der Waals surface area contributed by atoms with Crippen LogP contribution in [0.3, 0.4) is 0 Å². The molecular formula is C11H14N2O. The molecule has 0 saturated heterocycles. The van der Waals surface area contributed by atoms with Crippen LogP contribution in [0.15, 0.2) is 29.0 Å². The zero-order chi connectivity index (χ0) is 10.2. The van der Waals surface area contributed by atoms with Crippen molar-refractivity contribution in [1.29, 1.82) is 0 Å². The van der Waals surface area contributed by atoms with Crippen LogP contribution in [0, 0.1) is 0 Å². The molecule has 0 aliphatic heterocycles. The summed E-state index contributed by atoms with van der Waals surface area (Å²) in [5, 5.41) is 7.03. The van der Waals surface area contributed by atoms with Crippen molar-refractivity contribution in [1.82, 2.24) is 10.2 Å². The second-order valence-corrected chi connectivity index (χ2v) is 4.39. The molecule has 3 heteroatoms. The molecular weight excluding hydrogens is 176 g/mol. The third-order valence-corrected chi connectivity index (χ3v) is 2.21. The lowest BCUT2D eigenvalue weighted by atomic mass is 9.87. The molecule has 0 radical (unpaired) electrons. The van der Waals surface area contributed by atoms with Crippen LogP contribution in [-0.4, -0.2) is 10.2 Å². The molecule has 0 amide bonds. The Kier molecular flexibility index (Phi) is 1.95. The number of rotatable bonds is 1. The minimum atomic E-state index is 0.0785. The van der Waals surface area contributed by atoms with Gasteiger partial charge in [0.15, 0.2) is 5.76 Å². The van der Waals surface area contributed by atoms with E-state index in [9.17, 15) is 0 Å². The van der Waals surface area contributed by atoms with E-state index in [1.54, 1.807) is 6.26 Å². The summed E-state index contributed by atoms with van der Waals surface area (Å²) in [5.74, 6) is 0.840. The van der Waals surface area contributed by atoms with Crippen LogP contribution in [-0.2, 0) is 5.41 Å². The molecule has 0 fully saturated rings. The lowest BCUT2D eigenvalue weighted by Crippen LogP contribution is -2.11. The summed E-state index contributed by atoms with van der Waals surface area (Å²) in [5.41, 5.74) is 2.23. The minimum Gasteiger partial charge on any atom is -0.463 e. The molecule has 0 bridgehead atoms. The average molecular weight is 190 g/mol. The van der Waals surface area contributed by atoms with Gasteiger partial charge in [-0.1, -0.05) is 20.8 Å². The van der Waals surface area contributed by atoms with E-state index >= 15 is 0 Å². The zero-order valence-corrected chi connectivity index (χ0v) is 8.66. The van der Waals surface area contributed by atoms with Gasteiger partial charge in [0.25, 0.3) is 0 Å². The predicted octanol–water partition coefficient (Wildman–Crippen LogP) is 2.97. The van der Waals surface area contributed by atoms with Crippen molar-refractivity contribution in [2.24, 2.45) is 0 Å². The molecule has 2 aromatic rings. The normalized spacial score (nSPS) is 11.9. The molecule has 1 N–H and O–H groups in total. The molecule has 0 atom stereocenters. The van der Waals surface area contributed by atoms with Gasteiger partial charge in [0.05, 0.1) is 12.5 Å². The van der Waals surface area contributed by atoms with Gasteiger partial charge >= 0.3 is 0 Å². The number of hydrogen-bond acceptors (Lipinski definition) is 2. The Morgan fingerprint density at radius 2 is 2.14 bits per heavy atom. The fourth-order valence-corrected chi connectivity index (χ4v) is 1.46. The van der Waals surface area contributed by atoms with Crippen molar-refractivity contribution in [3.63, 3.8) is 0 Å². The van der Waals surface area contributed by atoms with Crippen LogP contribution in [0.4, 0.5) is 0 Å². The number of nitrogens with zero attached hydrogens (tertiary/aromatic N) is 1. The van der Waals surface area contributed by atoms with Gasteiger partial charge in [0.1, 0.15) is 5.69 Å². The van der Waals surface area contributed by atoms with Gasteiger partial charge in [0, 0.05) is 5.56 Å². The third kappa shape index (κ3) is 1.45. The van der Waals surface area contributed by atoms with Crippen molar-refractivity contribution in [3.05, 3.63) is 30.2 Å². The van der Waals surface area contributed by atoms with Gasteiger partial charge in [-0.25, -0.2) is 0 Å². The largest absolute Gasteiger partial charge is 0.463 e. The van der Waals surface area contributed by atoms with Crippen molar-refractivity contribution in [3.8, 4) is 11.5 Å². The van der Waals surface area contributed by atoms with E-state index < -0.39 is 0 Å². The fourth-order valence-electron chi connectivity index (χ4n) is 1.46. The number of furan rings is 1. The maximum atomic E-state index is 5.34. The Labute approximate surface area is 83.1 Å². The van der Waals surface area contributed by atoms with Gasteiger partial charge in [0.2, 0.25) is 0 Å². The predicted molar refractivity (Wildman–Crippen MR) is 55.0 cm³/mol. The van der Waals surface area contributed by atoms with E-state index in [1.807, 2.05) is 18.3 Å². The summed E-state index contributed by atoms with van der Waals surface area (Å²) < 4.78 is 5.34. The first kappa shape index (κ1) is 9.06. The number of aromatic nitrogens is 2. The monoisotopic (exact) mass is 190 g/mol. The molecule has 0 saturated carbocycles. The lowest BCUT2D eigenvalue weighted by Gasteiger charge is -2.17. The van der Waals surface area contributed by atoms with Gasteiger partial charge in [-0.15, -0.1) is 0 Å². The van der Waals surface area contributed by atoms with Gasteiger partial charge in [-0.3, -0.25) is 5.10 Å². The van der Waals surface area contributed by atoms with E-state index in [-0.39, 0.29) is 5.41 Å². The highest BCUT2D eigenvalue weighted by Crippen LogP contribution is 2.30. The molecule has 3 nitrogen and oxygen atoms in total. The highest BCUT2D eigenvalue weighted by molar-refractivity contribution is 5.58. The first-order valence-corrected chi connectivity index (χ1v) is 4.67.